The second kappa shape index (κ2) is 5.69. The van der Waals surface area contributed by atoms with Crippen molar-refractivity contribution in [1.82, 2.24) is 4.90 Å². The minimum Gasteiger partial charge on any atom is -0.316 e. The van der Waals surface area contributed by atoms with Crippen molar-refractivity contribution in [2.45, 2.75) is 38.8 Å². The van der Waals surface area contributed by atoms with Crippen LogP contribution in [0.3, 0.4) is 0 Å². The van der Waals surface area contributed by atoms with Gasteiger partial charge in [-0.05, 0) is 20.5 Å². The highest BCUT2D eigenvalue weighted by Gasteiger charge is 2.02. The van der Waals surface area contributed by atoms with Gasteiger partial charge in [0.25, 0.3) is 0 Å². The fourth-order valence-corrected chi connectivity index (χ4v) is 0.862. The molecule has 0 aliphatic rings. The van der Waals surface area contributed by atoms with E-state index in [1.807, 2.05) is 14.1 Å². The van der Waals surface area contributed by atoms with Gasteiger partial charge in [-0.1, -0.05) is 26.2 Å². The second-order valence-electron chi connectivity index (χ2n) is 3.03. The summed E-state index contributed by atoms with van der Waals surface area (Å²) in [6.07, 6.45) is 5.23. The molecule has 0 aromatic heterocycles. The lowest BCUT2D eigenvalue weighted by Gasteiger charge is -2.18. The maximum absolute atomic E-state index is 5.78. The minimum absolute atomic E-state index is 0.256. The van der Waals surface area contributed by atoms with Gasteiger partial charge >= 0.3 is 0 Å². The zero-order valence-corrected chi connectivity index (χ0v) is 7.43. The molecule has 2 N–H and O–H groups in total. The lowest BCUT2D eigenvalue weighted by molar-refractivity contribution is 0.279. The van der Waals surface area contributed by atoms with Crippen LogP contribution in [0.4, 0.5) is 0 Å². The monoisotopic (exact) mass is 144 g/mol. The lowest BCUT2D eigenvalue weighted by atomic mass is 10.2. The first-order chi connectivity index (χ1) is 4.68. The van der Waals surface area contributed by atoms with Gasteiger partial charge in [-0.15, -0.1) is 0 Å². The van der Waals surface area contributed by atoms with Gasteiger partial charge in [0, 0.05) is 0 Å². The fourth-order valence-electron chi connectivity index (χ4n) is 0.862. The molecule has 62 valence electrons. The molecule has 0 aliphatic heterocycles. The molecule has 0 rings (SSSR count). The molecule has 0 aromatic rings. The number of rotatable bonds is 5. The van der Waals surface area contributed by atoms with Gasteiger partial charge in [-0.25, -0.2) is 0 Å². The van der Waals surface area contributed by atoms with E-state index in [2.05, 4.69) is 11.8 Å². The molecule has 0 saturated carbocycles. The number of hydrogen-bond acceptors (Lipinski definition) is 2. The van der Waals surface area contributed by atoms with Gasteiger partial charge < -0.3 is 5.73 Å². The highest BCUT2D eigenvalue weighted by molar-refractivity contribution is 4.56. The zero-order chi connectivity index (χ0) is 7.98. The van der Waals surface area contributed by atoms with E-state index in [1.54, 1.807) is 0 Å². The fraction of sp³-hybridized carbons (Fsp3) is 1.00. The molecule has 1 atom stereocenters. The van der Waals surface area contributed by atoms with Crippen molar-refractivity contribution in [3.8, 4) is 0 Å². The third-order valence-corrected chi connectivity index (χ3v) is 1.77. The standard InChI is InChI=1S/C8H20N2/c1-4-5-6-7-8(9)10(2)3/h8H,4-7,9H2,1-3H3. The topological polar surface area (TPSA) is 29.3 Å². The van der Waals surface area contributed by atoms with Crippen LogP contribution in [0, 0.1) is 0 Å². The first-order valence-corrected chi connectivity index (χ1v) is 4.10. The van der Waals surface area contributed by atoms with Crippen molar-refractivity contribution in [2.24, 2.45) is 5.73 Å². The molecule has 0 aliphatic carbocycles. The molecule has 0 aromatic carbocycles. The van der Waals surface area contributed by atoms with Crippen molar-refractivity contribution in [3.05, 3.63) is 0 Å². The molecular weight excluding hydrogens is 124 g/mol. The molecule has 0 heterocycles. The molecular formula is C8H20N2. The Balaban J connectivity index is 3.13. The van der Waals surface area contributed by atoms with Crippen LogP contribution in [0.5, 0.6) is 0 Å². The molecule has 2 heteroatoms. The van der Waals surface area contributed by atoms with E-state index in [1.165, 1.54) is 19.3 Å². The second-order valence-corrected chi connectivity index (χ2v) is 3.03. The molecule has 2 nitrogen and oxygen atoms in total. The van der Waals surface area contributed by atoms with Crippen LogP contribution >= 0.6 is 0 Å². The molecule has 0 bridgehead atoms. The third kappa shape index (κ3) is 4.77. The van der Waals surface area contributed by atoms with Crippen molar-refractivity contribution in [2.75, 3.05) is 14.1 Å². The van der Waals surface area contributed by atoms with E-state index < -0.39 is 0 Å². The average molecular weight is 144 g/mol. The molecule has 1 unspecified atom stereocenters. The average Bonchev–Trinajstić information content (AvgIpc) is 1.88. The van der Waals surface area contributed by atoms with Gasteiger partial charge in [0.05, 0.1) is 6.17 Å². The Morgan fingerprint density at radius 2 is 1.90 bits per heavy atom. The third-order valence-electron chi connectivity index (χ3n) is 1.77. The quantitative estimate of drug-likeness (QED) is 0.467. The van der Waals surface area contributed by atoms with Crippen LogP contribution in [0.2, 0.25) is 0 Å². The van der Waals surface area contributed by atoms with Gasteiger partial charge in [0.1, 0.15) is 0 Å². The van der Waals surface area contributed by atoms with Crippen molar-refractivity contribution < 1.29 is 0 Å². The van der Waals surface area contributed by atoms with E-state index in [0.29, 0.717) is 0 Å². The van der Waals surface area contributed by atoms with Crippen LogP contribution in [0.25, 0.3) is 0 Å². The summed E-state index contributed by atoms with van der Waals surface area (Å²) >= 11 is 0. The predicted molar refractivity (Wildman–Crippen MR) is 45.8 cm³/mol. The van der Waals surface area contributed by atoms with Crippen molar-refractivity contribution >= 4 is 0 Å². The highest BCUT2D eigenvalue weighted by Crippen LogP contribution is 2.02. The Labute approximate surface area is 64.4 Å². The van der Waals surface area contributed by atoms with E-state index in [4.69, 9.17) is 5.73 Å². The van der Waals surface area contributed by atoms with Crippen molar-refractivity contribution in [1.29, 1.82) is 0 Å². The number of nitrogens with zero attached hydrogens (tertiary/aromatic N) is 1. The maximum Gasteiger partial charge on any atom is 0.0566 e. The van der Waals surface area contributed by atoms with Crippen LogP contribution in [-0.4, -0.2) is 25.2 Å². The number of unbranched alkanes of at least 4 members (excludes halogenated alkanes) is 2. The van der Waals surface area contributed by atoms with Crippen LogP contribution < -0.4 is 5.73 Å². The molecule has 0 radical (unpaired) electrons. The van der Waals surface area contributed by atoms with Gasteiger partial charge in [0.2, 0.25) is 0 Å². The van der Waals surface area contributed by atoms with Gasteiger partial charge in [0.15, 0.2) is 0 Å². The molecule has 10 heavy (non-hydrogen) atoms. The molecule has 0 amide bonds. The maximum atomic E-state index is 5.78. The summed E-state index contributed by atoms with van der Waals surface area (Å²) in [5.74, 6) is 0. The molecule has 0 spiro atoms. The first-order valence-electron chi connectivity index (χ1n) is 4.10. The summed E-state index contributed by atoms with van der Waals surface area (Å²) in [6, 6.07) is 0. The van der Waals surface area contributed by atoms with Crippen LogP contribution in [-0.2, 0) is 0 Å². The Morgan fingerprint density at radius 3 is 2.30 bits per heavy atom. The normalized spacial score (nSPS) is 14.1. The summed E-state index contributed by atoms with van der Waals surface area (Å²) in [6.45, 7) is 2.21. The van der Waals surface area contributed by atoms with Gasteiger partial charge in [-0.3, -0.25) is 4.90 Å². The van der Waals surface area contributed by atoms with E-state index >= 15 is 0 Å². The highest BCUT2D eigenvalue weighted by atomic mass is 15.2. The van der Waals surface area contributed by atoms with Crippen LogP contribution in [0.15, 0.2) is 0 Å². The molecule has 0 saturated heterocycles. The van der Waals surface area contributed by atoms with E-state index in [-0.39, 0.29) is 6.17 Å². The Bertz CT molecular complexity index is 71.7. The summed E-state index contributed by atoms with van der Waals surface area (Å²) in [7, 11) is 4.05. The minimum atomic E-state index is 0.256. The summed E-state index contributed by atoms with van der Waals surface area (Å²) in [4.78, 5) is 2.07. The first kappa shape index (κ1) is 9.92. The molecule has 0 fully saturated rings. The smallest absolute Gasteiger partial charge is 0.0566 e. The number of hydrogen-bond donors (Lipinski definition) is 1. The van der Waals surface area contributed by atoms with E-state index in [0.717, 1.165) is 6.42 Å². The van der Waals surface area contributed by atoms with E-state index in [9.17, 15) is 0 Å². The zero-order valence-electron chi connectivity index (χ0n) is 7.43. The Kier molecular flexibility index (Phi) is 5.64. The SMILES string of the molecule is CCCCCC(N)N(C)C. The summed E-state index contributed by atoms with van der Waals surface area (Å²) in [5.41, 5.74) is 5.78. The largest absolute Gasteiger partial charge is 0.316 e. The Hall–Kier alpha value is -0.0800. The lowest BCUT2D eigenvalue weighted by Crippen LogP contribution is -2.35. The van der Waals surface area contributed by atoms with Gasteiger partial charge in [-0.2, -0.15) is 0 Å². The summed E-state index contributed by atoms with van der Waals surface area (Å²) < 4.78 is 0. The summed E-state index contributed by atoms with van der Waals surface area (Å²) in [5, 5.41) is 0. The predicted octanol–water partition coefficient (Wildman–Crippen LogP) is 1.41. The van der Waals surface area contributed by atoms with Crippen molar-refractivity contribution in [3.63, 3.8) is 0 Å². The number of nitrogens with two attached hydrogens (primary N) is 1. The Morgan fingerprint density at radius 1 is 1.30 bits per heavy atom. The van der Waals surface area contributed by atoms with Crippen LogP contribution in [0.1, 0.15) is 32.6 Å².